The molecule has 1 aliphatic carbocycles. The highest BCUT2D eigenvalue weighted by Crippen LogP contribution is 2.38. The van der Waals surface area contributed by atoms with Crippen LogP contribution in [0.3, 0.4) is 0 Å². The van der Waals surface area contributed by atoms with Crippen LogP contribution in [0.2, 0.25) is 5.02 Å². The average molecular weight is 239 g/mol. The Morgan fingerprint density at radius 1 is 1.44 bits per heavy atom. The normalized spacial score (nSPS) is 18.9. The molecule has 2 rings (SSSR count). The summed E-state index contributed by atoms with van der Waals surface area (Å²) in [7, 11) is 0. The minimum absolute atomic E-state index is 0.127. The van der Waals surface area contributed by atoms with E-state index in [1.165, 1.54) is 0 Å². The van der Waals surface area contributed by atoms with Gasteiger partial charge in [0.05, 0.1) is 5.54 Å². The second-order valence-electron chi connectivity index (χ2n) is 4.52. The summed E-state index contributed by atoms with van der Waals surface area (Å²) in [6, 6.07) is 7.01. The maximum atomic E-state index is 11.9. The van der Waals surface area contributed by atoms with Crippen LogP contribution in [0.15, 0.2) is 24.3 Å². The topological polar surface area (TPSA) is 55.1 Å². The summed E-state index contributed by atoms with van der Waals surface area (Å²) in [5.74, 6) is 0.192. The number of hydrogen-bond donors (Lipinski definition) is 2. The maximum absolute atomic E-state index is 11.9. The summed E-state index contributed by atoms with van der Waals surface area (Å²) in [5, 5.41) is 3.46. The number of amides is 1. The van der Waals surface area contributed by atoms with Crippen LogP contribution in [-0.2, 0) is 4.79 Å². The third-order valence-electron chi connectivity index (χ3n) is 3.02. The van der Waals surface area contributed by atoms with Crippen molar-refractivity contribution < 1.29 is 4.79 Å². The molecule has 1 unspecified atom stereocenters. The van der Waals surface area contributed by atoms with Gasteiger partial charge in [0.25, 0.3) is 0 Å². The Bertz CT molecular complexity index is 396. The predicted molar refractivity (Wildman–Crippen MR) is 65.4 cm³/mol. The molecule has 0 radical (unpaired) electrons. The largest absolute Gasteiger partial charge is 0.324 e. The molecule has 16 heavy (non-hydrogen) atoms. The molecule has 0 aliphatic heterocycles. The Balaban J connectivity index is 2.04. The Hall–Kier alpha value is -1.06. The van der Waals surface area contributed by atoms with Crippen LogP contribution in [0.4, 0.5) is 5.69 Å². The predicted octanol–water partition coefficient (Wildman–Crippen LogP) is 2.41. The number of nitrogens with one attached hydrogen (secondary N) is 1. The maximum Gasteiger partial charge on any atom is 0.244 e. The number of hydrogen-bond acceptors (Lipinski definition) is 2. The molecule has 1 aliphatic rings. The van der Waals surface area contributed by atoms with Crippen LogP contribution in [0.5, 0.6) is 0 Å². The van der Waals surface area contributed by atoms with Crippen molar-refractivity contribution in [1.82, 2.24) is 0 Å². The summed E-state index contributed by atoms with van der Waals surface area (Å²) in [4.78, 5) is 11.9. The fraction of sp³-hybridized carbons (Fsp3) is 0.417. The number of carbonyl (C=O) groups is 1. The SMILES string of the molecule is CC(N)(C(=O)Nc1ccc(Cl)cc1)C1CC1. The molecule has 0 spiro atoms. The summed E-state index contributed by atoms with van der Waals surface area (Å²) in [6.45, 7) is 1.79. The molecule has 1 amide bonds. The monoisotopic (exact) mass is 238 g/mol. The molecular formula is C12H15ClN2O. The van der Waals surface area contributed by atoms with Crippen molar-refractivity contribution >= 4 is 23.2 Å². The third-order valence-corrected chi connectivity index (χ3v) is 3.27. The zero-order valence-corrected chi connectivity index (χ0v) is 9.92. The van der Waals surface area contributed by atoms with Crippen LogP contribution < -0.4 is 11.1 Å². The molecule has 0 aromatic heterocycles. The number of nitrogens with two attached hydrogens (primary N) is 1. The Morgan fingerprint density at radius 3 is 2.50 bits per heavy atom. The van der Waals surface area contributed by atoms with Crippen LogP contribution in [-0.4, -0.2) is 11.4 Å². The highest BCUT2D eigenvalue weighted by Gasteiger charge is 2.43. The van der Waals surface area contributed by atoms with Gasteiger partial charge < -0.3 is 11.1 Å². The first-order chi connectivity index (χ1) is 7.50. The molecular weight excluding hydrogens is 224 g/mol. The zero-order valence-electron chi connectivity index (χ0n) is 9.16. The molecule has 1 aromatic carbocycles. The van der Waals surface area contributed by atoms with Gasteiger partial charge in [-0.25, -0.2) is 0 Å². The van der Waals surface area contributed by atoms with E-state index in [1.807, 2.05) is 0 Å². The van der Waals surface area contributed by atoms with Gasteiger partial charge in [0.1, 0.15) is 0 Å². The zero-order chi connectivity index (χ0) is 11.8. The van der Waals surface area contributed by atoms with Crippen molar-refractivity contribution in [3.63, 3.8) is 0 Å². The van der Waals surface area contributed by atoms with E-state index >= 15 is 0 Å². The van der Waals surface area contributed by atoms with Crippen molar-refractivity contribution in [2.45, 2.75) is 25.3 Å². The van der Waals surface area contributed by atoms with E-state index in [4.69, 9.17) is 17.3 Å². The number of rotatable bonds is 3. The van der Waals surface area contributed by atoms with Crippen LogP contribution in [0.1, 0.15) is 19.8 Å². The summed E-state index contributed by atoms with van der Waals surface area (Å²) in [6.07, 6.45) is 2.09. The molecule has 1 aromatic rings. The van der Waals surface area contributed by atoms with Gasteiger partial charge in [-0.1, -0.05) is 11.6 Å². The van der Waals surface area contributed by atoms with E-state index in [1.54, 1.807) is 31.2 Å². The van der Waals surface area contributed by atoms with Crippen molar-refractivity contribution in [3.8, 4) is 0 Å². The van der Waals surface area contributed by atoms with Crippen molar-refractivity contribution in [2.24, 2.45) is 11.7 Å². The highest BCUT2D eigenvalue weighted by molar-refractivity contribution is 6.30. The smallest absolute Gasteiger partial charge is 0.244 e. The van der Waals surface area contributed by atoms with Crippen LogP contribution in [0.25, 0.3) is 0 Å². The average Bonchev–Trinajstić information content (AvgIpc) is 3.05. The van der Waals surface area contributed by atoms with Crippen molar-refractivity contribution in [2.75, 3.05) is 5.32 Å². The standard InChI is InChI=1S/C12H15ClN2O/c1-12(14,8-2-3-8)11(16)15-10-6-4-9(13)5-7-10/h4-8H,2-3,14H2,1H3,(H,15,16). The van der Waals surface area contributed by atoms with Crippen molar-refractivity contribution in [3.05, 3.63) is 29.3 Å². The van der Waals surface area contributed by atoms with Gasteiger partial charge in [0.15, 0.2) is 0 Å². The fourth-order valence-corrected chi connectivity index (χ4v) is 1.79. The van der Waals surface area contributed by atoms with Crippen molar-refractivity contribution in [1.29, 1.82) is 0 Å². The highest BCUT2D eigenvalue weighted by atomic mass is 35.5. The lowest BCUT2D eigenvalue weighted by atomic mass is 9.96. The molecule has 1 atom stereocenters. The molecule has 0 saturated heterocycles. The first-order valence-electron chi connectivity index (χ1n) is 5.36. The first kappa shape index (κ1) is 11.4. The summed E-state index contributed by atoms with van der Waals surface area (Å²) in [5.41, 5.74) is 5.97. The molecule has 0 bridgehead atoms. The molecule has 3 N–H and O–H groups in total. The van der Waals surface area contributed by atoms with Gasteiger partial charge >= 0.3 is 0 Å². The van der Waals surface area contributed by atoms with Gasteiger partial charge in [0.2, 0.25) is 5.91 Å². The number of carbonyl (C=O) groups excluding carboxylic acids is 1. The molecule has 1 saturated carbocycles. The van der Waals surface area contributed by atoms with Gasteiger partial charge in [-0.05, 0) is 49.9 Å². The Kier molecular flexibility index (Phi) is 2.91. The summed E-state index contributed by atoms with van der Waals surface area (Å²) < 4.78 is 0. The lowest BCUT2D eigenvalue weighted by molar-refractivity contribution is -0.121. The van der Waals surface area contributed by atoms with Gasteiger partial charge in [-0.3, -0.25) is 4.79 Å². The van der Waals surface area contributed by atoms with Gasteiger partial charge in [-0.15, -0.1) is 0 Å². The number of benzene rings is 1. The van der Waals surface area contributed by atoms with E-state index in [0.29, 0.717) is 10.9 Å². The molecule has 4 heteroatoms. The first-order valence-corrected chi connectivity index (χ1v) is 5.74. The van der Waals surface area contributed by atoms with Crippen LogP contribution in [0, 0.1) is 5.92 Å². The second kappa shape index (κ2) is 4.07. The molecule has 1 fully saturated rings. The Morgan fingerprint density at radius 2 is 2.00 bits per heavy atom. The molecule has 3 nitrogen and oxygen atoms in total. The minimum Gasteiger partial charge on any atom is -0.324 e. The fourth-order valence-electron chi connectivity index (χ4n) is 1.67. The second-order valence-corrected chi connectivity index (χ2v) is 4.95. The van der Waals surface area contributed by atoms with E-state index in [9.17, 15) is 4.79 Å². The van der Waals surface area contributed by atoms with E-state index in [2.05, 4.69) is 5.32 Å². The number of halogens is 1. The summed E-state index contributed by atoms with van der Waals surface area (Å²) >= 11 is 5.76. The lowest BCUT2D eigenvalue weighted by Crippen LogP contribution is -2.50. The quantitative estimate of drug-likeness (QED) is 0.850. The Labute approximate surface area is 100.0 Å². The molecule has 86 valence electrons. The van der Waals surface area contributed by atoms with Crippen LogP contribution >= 0.6 is 11.6 Å². The van der Waals surface area contributed by atoms with E-state index in [0.717, 1.165) is 18.5 Å². The number of anilines is 1. The lowest BCUT2D eigenvalue weighted by Gasteiger charge is -2.23. The third kappa shape index (κ3) is 2.36. The van der Waals surface area contributed by atoms with E-state index in [-0.39, 0.29) is 5.91 Å². The van der Waals surface area contributed by atoms with E-state index < -0.39 is 5.54 Å². The minimum atomic E-state index is -0.764. The van der Waals surface area contributed by atoms with Gasteiger partial charge in [-0.2, -0.15) is 0 Å². The molecule has 0 heterocycles. The van der Waals surface area contributed by atoms with Gasteiger partial charge in [0, 0.05) is 10.7 Å².